The maximum absolute atomic E-state index is 13.6. The minimum absolute atomic E-state index is 0.152. The van der Waals surface area contributed by atoms with E-state index in [4.69, 9.17) is 0 Å². The number of hydrogen-bond donors (Lipinski definition) is 1. The number of halogens is 2. The zero-order chi connectivity index (χ0) is 19.2. The van der Waals surface area contributed by atoms with Gasteiger partial charge in [-0.2, -0.15) is 0 Å². The number of carbonyl (C=O) groups is 1. The standard InChI is InChI=1S/C22H18F2N2O/c1-15(18-3-2-4-19(13-18)16-9-11-25-12-10-16)26-22(27)8-6-17-5-7-20(23)14-21(17)24/h2-15H,1H3,(H,26,27)/t15-/m0/s1. The quantitative estimate of drug-likeness (QED) is 0.653. The average molecular weight is 364 g/mol. The van der Waals surface area contributed by atoms with Crippen molar-refractivity contribution in [3.63, 3.8) is 0 Å². The lowest BCUT2D eigenvalue weighted by molar-refractivity contribution is -0.117. The first-order valence-electron chi connectivity index (χ1n) is 8.47. The van der Waals surface area contributed by atoms with Crippen molar-refractivity contribution >= 4 is 12.0 Å². The average Bonchev–Trinajstić information content (AvgIpc) is 2.68. The zero-order valence-electron chi connectivity index (χ0n) is 14.7. The van der Waals surface area contributed by atoms with Crippen LogP contribution in [0.1, 0.15) is 24.1 Å². The molecule has 136 valence electrons. The van der Waals surface area contributed by atoms with E-state index in [1.165, 1.54) is 18.2 Å². The molecule has 0 aliphatic heterocycles. The number of aromatic nitrogens is 1. The maximum atomic E-state index is 13.6. The van der Waals surface area contributed by atoms with Crippen molar-refractivity contribution in [1.29, 1.82) is 0 Å². The van der Waals surface area contributed by atoms with Crippen LogP contribution in [0.5, 0.6) is 0 Å². The number of nitrogens with zero attached hydrogens (tertiary/aromatic N) is 1. The fourth-order valence-corrected chi connectivity index (χ4v) is 2.68. The van der Waals surface area contributed by atoms with Crippen LogP contribution in [0, 0.1) is 11.6 Å². The lowest BCUT2D eigenvalue weighted by Crippen LogP contribution is -2.24. The molecule has 1 N–H and O–H groups in total. The van der Waals surface area contributed by atoms with Crippen molar-refractivity contribution < 1.29 is 13.6 Å². The molecule has 3 rings (SSSR count). The number of carbonyl (C=O) groups excluding carboxylic acids is 1. The molecule has 0 aliphatic rings. The van der Waals surface area contributed by atoms with Gasteiger partial charge >= 0.3 is 0 Å². The van der Waals surface area contributed by atoms with E-state index < -0.39 is 11.6 Å². The molecule has 1 atom stereocenters. The van der Waals surface area contributed by atoms with Crippen molar-refractivity contribution in [3.8, 4) is 11.1 Å². The number of nitrogens with one attached hydrogen (secondary N) is 1. The number of benzene rings is 2. The summed E-state index contributed by atoms with van der Waals surface area (Å²) >= 11 is 0. The predicted octanol–water partition coefficient (Wildman–Crippen LogP) is 4.92. The summed E-state index contributed by atoms with van der Waals surface area (Å²) in [5.74, 6) is -1.73. The smallest absolute Gasteiger partial charge is 0.244 e. The van der Waals surface area contributed by atoms with Crippen LogP contribution in [0.25, 0.3) is 17.2 Å². The van der Waals surface area contributed by atoms with E-state index in [9.17, 15) is 13.6 Å². The van der Waals surface area contributed by atoms with Crippen molar-refractivity contribution in [2.24, 2.45) is 0 Å². The van der Waals surface area contributed by atoms with Gasteiger partial charge in [0.25, 0.3) is 0 Å². The summed E-state index contributed by atoms with van der Waals surface area (Å²) in [6.07, 6.45) is 6.02. The zero-order valence-corrected chi connectivity index (χ0v) is 14.7. The van der Waals surface area contributed by atoms with E-state index in [1.807, 2.05) is 43.3 Å². The number of pyridine rings is 1. The first-order valence-corrected chi connectivity index (χ1v) is 8.47. The van der Waals surface area contributed by atoms with E-state index in [0.29, 0.717) is 0 Å². The summed E-state index contributed by atoms with van der Waals surface area (Å²) in [6.45, 7) is 1.87. The Morgan fingerprint density at radius 2 is 1.81 bits per heavy atom. The summed E-state index contributed by atoms with van der Waals surface area (Å²) in [5.41, 5.74) is 3.16. The highest BCUT2D eigenvalue weighted by molar-refractivity contribution is 5.92. The van der Waals surface area contributed by atoms with Crippen LogP contribution >= 0.6 is 0 Å². The van der Waals surface area contributed by atoms with Crippen molar-refractivity contribution in [3.05, 3.63) is 95.8 Å². The third kappa shape index (κ3) is 4.85. The van der Waals surface area contributed by atoms with Gasteiger partial charge in [-0.1, -0.05) is 18.2 Å². The molecule has 0 radical (unpaired) electrons. The fourth-order valence-electron chi connectivity index (χ4n) is 2.68. The second-order valence-corrected chi connectivity index (χ2v) is 6.09. The van der Waals surface area contributed by atoms with Gasteiger partial charge in [-0.05, 0) is 60.0 Å². The Morgan fingerprint density at radius 3 is 2.56 bits per heavy atom. The van der Waals surface area contributed by atoms with Gasteiger partial charge in [0.05, 0.1) is 6.04 Å². The molecule has 3 aromatic rings. The Balaban J connectivity index is 1.69. The molecule has 0 fully saturated rings. The van der Waals surface area contributed by atoms with E-state index in [1.54, 1.807) is 12.4 Å². The Bertz CT molecular complexity index is 971. The van der Waals surface area contributed by atoms with Gasteiger partial charge in [-0.25, -0.2) is 8.78 Å². The molecule has 0 saturated carbocycles. The Hall–Kier alpha value is -3.34. The summed E-state index contributed by atoms with van der Waals surface area (Å²) in [6, 6.07) is 14.7. The largest absolute Gasteiger partial charge is 0.346 e. The third-order valence-corrected chi connectivity index (χ3v) is 4.14. The lowest BCUT2D eigenvalue weighted by Gasteiger charge is -2.14. The van der Waals surface area contributed by atoms with Gasteiger partial charge in [0, 0.05) is 30.1 Å². The van der Waals surface area contributed by atoms with Gasteiger partial charge < -0.3 is 5.32 Å². The van der Waals surface area contributed by atoms with Gasteiger partial charge in [0.2, 0.25) is 5.91 Å². The van der Waals surface area contributed by atoms with Crippen LogP contribution in [0.4, 0.5) is 8.78 Å². The molecule has 27 heavy (non-hydrogen) atoms. The molecular formula is C22H18F2N2O. The second kappa shape index (κ2) is 8.36. The summed E-state index contributed by atoms with van der Waals surface area (Å²) < 4.78 is 26.5. The van der Waals surface area contributed by atoms with Crippen molar-refractivity contribution in [1.82, 2.24) is 10.3 Å². The topological polar surface area (TPSA) is 42.0 Å². The molecule has 3 nitrogen and oxygen atoms in total. The number of rotatable bonds is 5. The summed E-state index contributed by atoms with van der Waals surface area (Å²) in [5, 5.41) is 2.84. The molecule has 2 aromatic carbocycles. The van der Waals surface area contributed by atoms with Crippen LogP contribution in [0.3, 0.4) is 0 Å². The summed E-state index contributed by atoms with van der Waals surface area (Å²) in [7, 11) is 0. The van der Waals surface area contributed by atoms with Gasteiger partial charge in [0.15, 0.2) is 0 Å². The summed E-state index contributed by atoms with van der Waals surface area (Å²) in [4.78, 5) is 16.1. The molecule has 0 bridgehead atoms. The van der Waals surface area contributed by atoms with E-state index in [-0.39, 0.29) is 17.5 Å². The molecular weight excluding hydrogens is 346 g/mol. The molecule has 1 amide bonds. The van der Waals surface area contributed by atoms with Crippen LogP contribution in [0.15, 0.2) is 73.1 Å². The monoisotopic (exact) mass is 364 g/mol. The Morgan fingerprint density at radius 1 is 1.04 bits per heavy atom. The minimum Gasteiger partial charge on any atom is -0.346 e. The predicted molar refractivity (Wildman–Crippen MR) is 102 cm³/mol. The fraction of sp³-hybridized carbons (Fsp3) is 0.0909. The van der Waals surface area contributed by atoms with Crippen molar-refractivity contribution in [2.75, 3.05) is 0 Å². The Labute approximate surface area is 156 Å². The SMILES string of the molecule is C[C@H](NC(=O)C=Cc1ccc(F)cc1F)c1cccc(-c2ccncc2)c1. The van der Waals surface area contributed by atoms with Crippen LogP contribution in [-0.4, -0.2) is 10.9 Å². The van der Waals surface area contributed by atoms with E-state index in [2.05, 4.69) is 10.3 Å². The van der Waals surface area contributed by atoms with E-state index >= 15 is 0 Å². The van der Waals surface area contributed by atoms with Crippen LogP contribution < -0.4 is 5.32 Å². The minimum atomic E-state index is -0.711. The van der Waals surface area contributed by atoms with E-state index in [0.717, 1.165) is 28.8 Å². The van der Waals surface area contributed by atoms with Crippen molar-refractivity contribution in [2.45, 2.75) is 13.0 Å². The highest BCUT2D eigenvalue weighted by Gasteiger charge is 2.09. The molecule has 0 aliphatic carbocycles. The van der Waals surface area contributed by atoms with Gasteiger partial charge in [0.1, 0.15) is 11.6 Å². The molecule has 5 heteroatoms. The first-order chi connectivity index (χ1) is 13.0. The lowest BCUT2D eigenvalue weighted by atomic mass is 10.0. The first kappa shape index (κ1) is 18.5. The normalized spacial score (nSPS) is 12.1. The highest BCUT2D eigenvalue weighted by atomic mass is 19.1. The number of amides is 1. The van der Waals surface area contributed by atoms with Crippen LogP contribution in [0.2, 0.25) is 0 Å². The van der Waals surface area contributed by atoms with Gasteiger partial charge in [-0.15, -0.1) is 0 Å². The molecule has 1 heterocycles. The van der Waals surface area contributed by atoms with Crippen LogP contribution in [-0.2, 0) is 4.79 Å². The molecule has 0 unspecified atom stereocenters. The third-order valence-electron chi connectivity index (χ3n) is 4.14. The molecule has 0 saturated heterocycles. The second-order valence-electron chi connectivity index (χ2n) is 6.09. The molecule has 1 aromatic heterocycles. The highest BCUT2D eigenvalue weighted by Crippen LogP contribution is 2.22. The van der Waals surface area contributed by atoms with Gasteiger partial charge in [-0.3, -0.25) is 9.78 Å². The molecule has 0 spiro atoms. The maximum Gasteiger partial charge on any atom is 0.244 e. The Kier molecular flexibility index (Phi) is 5.71. The number of hydrogen-bond acceptors (Lipinski definition) is 2.